The van der Waals surface area contributed by atoms with E-state index >= 15 is 0 Å². The van der Waals surface area contributed by atoms with E-state index in [4.69, 9.17) is 10.2 Å². The number of benzene rings is 1. The van der Waals surface area contributed by atoms with E-state index in [2.05, 4.69) is 0 Å². The van der Waals surface area contributed by atoms with Crippen molar-refractivity contribution < 1.29 is 28.2 Å². The van der Waals surface area contributed by atoms with Crippen molar-refractivity contribution in [1.82, 2.24) is 5.32 Å². The number of rotatable bonds is 4. The largest absolute Gasteiger partial charge is 0.508 e. The first-order valence-corrected chi connectivity index (χ1v) is 4.64. The number of carbonyl (C=O) groups is 1. The summed E-state index contributed by atoms with van der Waals surface area (Å²) >= 11 is 0. The van der Waals surface area contributed by atoms with Crippen molar-refractivity contribution in [3.63, 3.8) is 0 Å². The first-order chi connectivity index (χ1) is 7.91. The summed E-state index contributed by atoms with van der Waals surface area (Å²) in [6.07, 6.45) is -4.99. The topological polar surface area (TPSA) is 69.6 Å². The van der Waals surface area contributed by atoms with Crippen LogP contribution in [0.1, 0.15) is 10.4 Å². The third kappa shape index (κ3) is 3.63. The molecule has 1 unspecified atom stereocenters. The molecule has 0 fully saturated rings. The zero-order valence-corrected chi connectivity index (χ0v) is 8.53. The molecule has 0 heterocycles. The SMILES string of the molecule is O=C(NCC(O)C(F)F)c1ccc(O)cc1F. The zero-order chi connectivity index (χ0) is 13.0. The Bertz CT molecular complexity index is 412. The third-order valence-corrected chi connectivity index (χ3v) is 1.96. The lowest BCUT2D eigenvalue weighted by molar-refractivity contribution is -0.00272. The molecule has 0 spiro atoms. The van der Waals surface area contributed by atoms with E-state index in [0.717, 1.165) is 18.2 Å². The van der Waals surface area contributed by atoms with Crippen LogP contribution in [-0.2, 0) is 0 Å². The number of phenolic OH excluding ortho intramolecular Hbond substituents is 1. The summed E-state index contributed by atoms with van der Waals surface area (Å²) in [4.78, 5) is 11.3. The van der Waals surface area contributed by atoms with Crippen LogP contribution < -0.4 is 5.32 Å². The molecule has 1 rings (SSSR count). The Morgan fingerprint density at radius 3 is 2.59 bits per heavy atom. The highest BCUT2D eigenvalue weighted by Crippen LogP contribution is 2.14. The van der Waals surface area contributed by atoms with Gasteiger partial charge in [-0.15, -0.1) is 0 Å². The van der Waals surface area contributed by atoms with Crippen molar-refractivity contribution >= 4 is 5.91 Å². The van der Waals surface area contributed by atoms with Gasteiger partial charge >= 0.3 is 0 Å². The fourth-order valence-electron chi connectivity index (χ4n) is 1.07. The Kier molecular flexibility index (Phi) is 4.33. The first-order valence-electron chi connectivity index (χ1n) is 4.64. The van der Waals surface area contributed by atoms with Gasteiger partial charge in [-0.1, -0.05) is 0 Å². The smallest absolute Gasteiger partial charge is 0.265 e. The molecule has 94 valence electrons. The summed E-state index contributed by atoms with van der Waals surface area (Å²) in [7, 11) is 0. The average Bonchev–Trinajstić information content (AvgIpc) is 2.25. The number of nitrogens with one attached hydrogen (secondary N) is 1. The van der Waals surface area contributed by atoms with Crippen LogP contribution in [0.5, 0.6) is 5.75 Å². The maximum Gasteiger partial charge on any atom is 0.265 e. The Morgan fingerprint density at radius 1 is 1.41 bits per heavy atom. The molecule has 1 aromatic carbocycles. The minimum absolute atomic E-state index is 0.355. The average molecular weight is 249 g/mol. The number of hydrogen-bond donors (Lipinski definition) is 3. The van der Waals surface area contributed by atoms with Gasteiger partial charge in [-0.3, -0.25) is 4.79 Å². The Labute approximate surface area is 94.7 Å². The van der Waals surface area contributed by atoms with Crippen LogP contribution in [0.4, 0.5) is 13.2 Å². The van der Waals surface area contributed by atoms with Crippen LogP contribution in [0.25, 0.3) is 0 Å². The number of aliphatic hydroxyl groups is 1. The van der Waals surface area contributed by atoms with E-state index in [1.54, 1.807) is 0 Å². The molecule has 0 aliphatic carbocycles. The monoisotopic (exact) mass is 249 g/mol. The van der Waals surface area contributed by atoms with Gasteiger partial charge in [0.15, 0.2) is 0 Å². The second-order valence-electron chi connectivity index (χ2n) is 3.28. The molecule has 3 N–H and O–H groups in total. The van der Waals surface area contributed by atoms with E-state index in [-0.39, 0.29) is 5.75 Å². The van der Waals surface area contributed by atoms with Gasteiger partial charge in [0.2, 0.25) is 0 Å². The molecular weight excluding hydrogens is 239 g/mol. The van der Waals surface area contributed by atoms with E-state index in [0.29, 0.717) is 0 Å². The summed E-state index contributed by atoms with van der Waals surface area (Å²) in [6, 6.07) is 2.81. The zero-order valence-electron chi connectivity index (χ0n) is 8.53. The van der Waals surface area contributed by atoms with E-state index < -0.39 is 36.4 Å². The summed E-state index contributed by atoms with van der Waals surface area (Å²) in [6.45, 7) is -0.684. The molecule has 7 heteroatoms. The molecule has 0 bridgehead atoms. The highest BCUT2D eigenvalue weighted by molar-refractivity contribution is 5.94. The quantitative estimate of drug-likeness (QED) is 0.742. The fraction of sp³-hybridized carbons (Fsp3) is 0.300. The minimum Gasteiger partial charge on any atom is -0.508 e. The lowest BCUT2D eigenvalue weighted by Crippen LogP contribution is -2.36. The second-order valence-corrected chi connectivity index (χ2v) is 3.28. The number of aromatic hydroxyl groups is 1. The van der Waals surface area contributed by atoms with Gasteiger partial charge in [0, 0.05) is 12.6 Å². The Hall–Kier alpha value is -1.76. The van der Waals surface area contributed by atoms with E-state index in [9.17, 15) is 18.0 Å². The van der Waals surface area contributed by atoms with Crippen LogP contribution in [0.3, 0.4) is 0 Å². The standard InChI is InChI=1S/C10H10F3NO3/c11-7-3-5(15)1-2-6(7)10(17)14-4-8(16)9(12)13/h1-3,8-9,15-16H,4H2,(H,14,17). The van der Waals surface area contributed by atoms with Crippen molar-refractivity contribution in [2.45, 2.75) is 12.5 Å². The normalized spacial score (nSPS) is 12.5. The number of hydrogen-bond acceptors (Lipinski definition) is 3. The van der Waals surface area contributed by atoms with Gasteiger partial charge in [0.1, 0.15) is 17.7 Å². The van der Waals surface area contributed by atoms with Gasteiger partial charge in [-0.25, -0.2) is 13.2 Å². The maximum atomic E-state index is 13.2. The van der Waals surface area contributed by atoms with Crippen LogP contribution in [0.15, 0.2) is 18.2 Å². The first kappa shape index (κ1) is 13.3. The number of aliphatic hydroxyl groups excluding tert-OH is 1. The van der Waals surface area contributed by atoms with Gasteiger partial charge in [0.05, 0.1) is 5.56 Å². The molecule has 1 atom stereocenters. The second kappa shape index (κ2) is 5.53. The Balaban J connectivity index is 2.64. The molecule has 0 aliphatic heterocycles. The molecule has 1 aromatic rings. The molecule has 0 aromatic heterocycles. The fourth-order valence-corrected chi connectivity index (χ4v) is 1.07. The molecule has 1 amide bonds. The number of halogens is 3. The van der Waals surface area contributed by atoms with Crippen LogP contribution >= 0.6 is 0 Å². The van der Waals surface area contributed by atoms with Crippen molar-refractivity contribution in [1.29, 1.82) is 0 Å². The predicted octanol–water partition coefficient (Wildman–Crippen LogP) is 0.887. The van der Waals surface area contributed by atoms with Crippen LogP contribution in [0, 0.1) is 5.82 Å². The van der Waals surface area contributed by atoms with Gasteiger partial charge < -0.3 is 15.5 Å². The maximum absolute atomic E-state index is 13.2. The molecule has 0 aliphatic rings. The molecule has 0 saturated carbocycles. The van der Waals surface area contributed by atoms with Crippen LogP contribution in [-0.4, -0.2) is 35.2 Å². The number of phenols is 1. The third-order valence-electron chi connectivity index (χ3n) is 1.96. The Morgan fingerprint density at radius 2 is 2.06 bits per heavy atom. The summed E-state index contributed by atoms with van der Waals surface area (Å²) in [5.41, 5.74) is -0.399. The number of carbonyl (C=O) groups excluding carboxylic acids is 1. The lowest BCUT2D eigenvalue weighted by atomic mass is 10.2. The van der Waals surface area contributed by atoms with Crippen molar-refractivity contribution in [2.24, 2.45) is 0 Å². The summed E-state index contributed by atoms with van der Waals surface area (Å²) in [5, 5.41) is 19.6. The van der Waals surface area contributed by atoms with E-state index in [1.165, 1.54) is 0 Å². The molecule has 0 radical (unpaired) electrons. The van der Waals surface area contributed by atoms with Gasteiger partial charge in [0.25, 0.3) is 12.3 Å². The molecule has 0 saturated heterocycles. The van der Waals surface area contributed by atoms with Gasteiger partial charge in [-0.2, -0.15) is 0 Å². The molecule has 4 nitrogen and oxygen atoms in total. The van der Waals surface area contributed by atoms with Crippen molar-refractivity contribution in [3.8, 4) is 5.75 Å². The van der Waals surface area contributed by atoms with Crippen LogP contribution in [0.2, 0.25) is 0 Å². The summed E-state index contributed by atoms with van der Waals surface area (Å²) in [5.74, 6) is -2.28. The highest BCUT2D eigenvalue weighted by atomic mass is 19.3. The highest BCUT2D eigenvalue weighted by Gasteiger charge is 2.19. The summed E-state index contributed by atoms with van der Waals surface area (Å²) < 4.78 is 37.0. The van der Waals surface area contributed by atoms with Crippen molar-refractivity contribution in [3.05, 3.63) is 29.6 Å². The van der Waals surface area contributed by atoms with Gasteiger partial charge in [-0.05, 0) is 12.1 Å². The van der Waals surface area contributed by atoms with E-state index in [1.807, 2.05) is 5.32 Å². The minimum atomic E-state index is -2.99. The number of amides is 1. The lowest BCUT2D eigenvalue weighted by Gasteiger charge is -2.11. The van der Waals surface area contributed by atoms with Crippen molar-refractivity contribution in [2.75, 3.05) is 6.54 Å². The molecular formula is C10H10F3NO3. The number of alkyl halides is 2. The molecule has 17 heavy (non-hydrogen) atoms. The predicted molar refractivity (Wildman–Crippen MR) is 52.4 cm³/mol.